The summed E-state index contributed by atoms with van der Waals surface area (Å²) < 4.78 is 10.7. The van der Waals surface area contributed by atoms with Crippen LogP contribution in [0.15, 0.2) is 18.2 Å². The second-order valence-corrected chi connectivity index (χ2v) is 6.86. The predicted molar refractivity (Wildman–Crippen MR) is 104 cm³/mol. The van der Waals surface area contributed by atoms with Crippen LogP contribution < -0.4 is 9.47 Å². The van der Waals surface area contributed by atoms with Crippen LogP contribution in [0, 0.1) is 0 Å². The molecule has 2 heteroatoms. The summed E-state index contributed by atoms with van der Waals surface area (Å²) in [5.41, 5.74) is 1.32. The summed E-state index contributed by atoms with van der Waals surface area (Å²) in [6.45, 7) is 2.28. The molecule has 0 amide bonds. The van der Waals surface area contributed by atoms with E-state index in [-0.39, 0.29) is 0 Å². The van der Waals surface area contributed by atoms with Crippen molar-refractivity contribution in [2.24, 2.45) is 0 Å². The highest BCUT2D eigenvalue weighted by molar-refractivity contribution is 5.38. The lowest BCUT2D eigenvalue weighted by atomic mass is 10.0. The van der Waals surface area contributed by atoms with Crippen molar-refractivity contribution in [3.8, 4) is 11.5 Å². The van der Waals surface area contributed by atoms with Crippen molar-refractivity contribution in [3.63, 3.8) is 0 Å². The summed E-state index contributed by atoms with van der Waals surface area (Å²) in [5, 5.41) is 0. The fourth-order valence-electron chi connectivity index (χ4n) is 3.18. The van der Waals surface area contributed by atoms with Crippen LogP contribution in [-0.4, -0.2) is 14.2 Å². The van der Waals surface area contributed by atoms with Gasteiger partial charge in [0.2, 0.25) is 0 Å². The molecular weight excluding hydrogens is 296 g/mol. The molecule has 0 saturated carbocycles. The lowest BCUT2D eigenvalue weighted by molar-refractivity contribution is 0.393. The zero-order valence-electron chi connectivity index (χ0n) is 16.2. The summed E-state index contributed by atoms with van der Waals surface area (Å²) in [6.07, 6.45) is 17.8. The number of hydrogen-bond acceptors (Lipinski definition) is 2. The third-order valence-electron chi connectivity index (χ3n) is 4.73. The first-order valence-electron chi connectivity index (χ1n) is 10.0. The molecule has 0 N–H and O–H groups in total. The van der Waals surface area contributed by atoms with Gasteiger partial charge in [0.15, 0.2) is 0 Å². The van der Waals surface area contributed by atoms with Gasteiger partial charge in [0, 0.05) is 6.07 Å². The molecule has 24 heavy (non-hydrogen) atoms. The number of ether oxygens (including phenoxy) is 2. The summed E-state index contributed by atoms with van der Waals surface area (Å²) >= 11 is 0. The summed E-state index contributed by atoms with van der Waals surface area (Å²) in [7, 11) is 3.42. The van der Waals surface area contributed by atoms with Crippen LogP contribution in [0.5, 0.6) is 11.5 Å². The first kappa shape index (κ1) is 20.9. The van der Waals surface area contributed by atoms with E-state index in [0.29, 0.717) is 0 Å². The Kier molecular flexibility index (Phi) is 12.3. The zero-order chi connectivity index (χ0) is 17.5. The molecule has 0 radical (unpaired) electrons. The maximum Gasteiger partial charge on any atom is 0.122 e. The first-order valence-corrected chi connectivity index (χ1v) is 10.0. The van der Waals surface area contributed by atoms with Gasteiger partial charge in [0.25, 0.3) is 0 Å². The van der Waals surface area contributed by atoms with Crippen molar-refractivity contribution in [3.05, 3.63) is 23.8 Å². The molecule has 0 atom stereocenters. The van der Waals surface area contributed by atoms with Gasteiger partial charge in [0.1, 0.15) is 11.5 Å². The normalized spacial score (nSPS) is 10.8. The van der Waals surface area contributed by atoms with Gasteiger partial charge in [0.05, 0.1) is 14.2 Å². The lowest BCUT2D eigenvalue weighted by Crippen LogP contribution is -1.92. The van der Waals surface area contributed by atoms with E-state index < -0.39 is 0 Å². The van der Waals surface area contributed by atoms with E-state index in [2.05, 4.69) is 19.1 Å². The smallest absolute Gasteiger partial charge is 0.122 e. The highest BCUT2D eigenvalue weighted by atomic mass is 16.5. The highest BCUT2D eigenvalue weighted by Crippen LogP contribution is 2.23. The number of methoxy groups -OCH3 is 2. The molecule has 1 rings (SSSR count). The Balaban J connectivity index is 2.00. The van der Waals surface area contributed by atoms with E-state index >= 15 is 0 Å². The van der Waals surface area contributed by atoms with Crippen LogP contribution in [0.2, 0.25) is 0 Å². The van der Waals surface area contributed by atoms with Gasteiger partial charge < -0.3 is 9.47 Å². The Labute approximate surface area is 149 Å². The van der Waals surface area contributed by atoms with Crippen LogP contribution in [0.25, 0.3) is 0 Å². The Morgan fingerprint density at radius 1 is 0.583 bits per heavy atom. The number of unbranched alkanes of at least 4 members (excludes halogenated alkanes) is 11. The molecule has 1 aromatic rings. The van der Waals surface area contributed by atoms with E-state index in [1.807, 2.05) is 6.07 Å². The average Bonchev–Trinajstić information content (AvgIpc) is 2.62. The lowest BCUT2D eigenvalue weighted by Gasteiger charge is -2.08. The first-order chi connectivity index (χ1) is 11.8. The summed E-state index contributed by atoms with van der Waals surface area (Å²) in [6, 6.07) is 6.19. The minimum Gasteiger partial charge on any atom is -0.497 e. The Morgan fingerprint density at radius 2 is 1.00 bits per heavy atom. The molecule has 1 aromatic carbocycles. The van der Waals surface area contributed by atoms with Gasteiger partial charge in [-0.15, -0.1) is 0 Å². The van der Waals surface area contributed by atoms with Gasteiger partial charge in [-0.05, 0) is 30.5 Å². The standard InChI is InChI=1S/C22H38O2/c1-4-5-6-7-8-9-10-11-12-13-14-15-16-20-17-21(23-2)19-22(18-20)24-3/h17-19H,4-16H2,1-3H3. The van der Waals surface area contributed by atoms with Crippen molar-refractivity contribution in [2.45, 2.75) is 90.4 Å². The van der Waals surface area contributed by atoms with Gasteiger partial charge >= 0.3 is 0 Å². The van der Waals surface area contributed by atoms with Crippen LogP contribution >= 0.6 is 0 Å². The fourth-order valence-corrected chi connectivity index (χ4v) is 3.18. The van der Waals surface area contributed by atoms with Gasteiger partial charge in [-0.1, -0.05) is 77.6 Å². The van der Waals surface area contributed by atoms with Crippen molar-refractivity contribution in [1.82, 2.24) is 0 Å². The number of benzene rings is 1. The molecule has 0 fully saturated rings. The summed E-state index contributed by atoms with van der Waals surface area (Å²) in [5.74, 6) is 1.78. The summed E-state index contributed by atoms with van der Waals surface area (Å²) in [4.78, 5) is 0. The molecule has 0 aliphatic rings. The molecule has 0 saturated heterocycles. The fraction of sp³-hybridized carbons (Fsp3) is 0.727. The second kappa shape index (κ2) is 14.2. The Morgan fingerprint density at radius 3 is 1.42 bits per heavy atom. The van der Waals surface area contributed by atoms with Gasteiger partial charge in [-0.2, -0.15) is 0 Å². The number of rotatable bonds is 15. The van der Waals surface area contributed by atoms with Crippen LogP contribution in [0.4, 0.5) is 0 Å². The predicted octanol–water partition coefficient (Wildman–Crippen LogP) is 6.95. The topological polar surface area (TPSA) is 18.5 Å². The number of aryl methyl sites for hydroxylation is 1. The van der Waals surface area contributed by atoms with Gasteiger partial charge in [-0.25, -0.2) is 0 Å². The SMILES string of the molecule is CCCCCCCCCCCCCCc1cc(OC)cc(OC)c1. The quantitative estimate of drug-likeness (QED) is 0.323. The average molecular weight is 335 g/mol. The molecule has 0 aliphatic heterocycles. The molecule has 0 bridgehead atoms. The molecule has 0 unspecified atom stereocenters. The molecule has 0 heterocycles. The minimum absolute atomic E-state index is 0.892. The molecule has 0 spiro atoms. The molecule has 0 aromatic heterocycles. The second-order valence-electron chi connectivity index (χ2n) is 6.86. The van der Waals surface area contributed by atoms with E-state index in [0.717, 1.165) is 17.9 Å². The van der Waals surface area contributed by atoms with Crippen LogP contribution in [0.3, 0.4) is 0 Å². The van der Waals surface area contributed by atoms with Crippen LogP contribution in [0.1, 0.15) is 89.5 Å². The van der Waals surface area contributed by atoms with E-state index in [1.54, 1.807) is 14.2 Å². The zero-order valence-corrected chi connectivity index (χ0v) is 16.2. The van der Waals surface area contributed by atoms with E-state index in [9.17, 15) is 0 Å². The van der Waals surface area contributed by atoms with Crippen molar-refractivity contribution in [2.75, 3.05) is 14.2 Å². The largest absolute Gasteiger partial charge is 0.497 e. The highest BCUT2D eigenvalue weighted by Gasteiger charge is 2.02. The maximum absolute atomic E-state index is 5.33. The van der Waals surface area contributed by atoms with Crippen LogP contribution in [-0.2, 0) is 6.42 Å². The maximum atomic E-state index is 5.33. The monoisotopic (exact) mass is 334 g/mol. The van der Waals surface area contributed by atoms with Gasteiger partial charge in [-0.3, -0.25) is 0 Å². The van der Waals surface area contributed by atoms with E-state index in [1.165, 1.54) is 82.6 Å². The minimum atomic E-state index is 0.892. The molecule has 138 valence electrons. The molecular formula is C22H38O2. The third-order valence-corrected chi connectivity index (χ3v) is 4.73. The van der Waals surface area contributed by atoms with Crippen molar-refractivity contribution < 1.29 is 9.47 Å². The molecule has 2 nitrogen and oxygen atoms in total. The number of hydrogen-bond donors (Lipinski definition) is 0. The van der Waals surface area contributed by atoms with E-state index in [4.69, 9.17) is 9.47 Å². The molecule has 0 aliphatic carbocycles. The third kappa shape index (κ3) is 9.85. The Hall–Kier alpha value is -1.18. The Bertz CT molecular complexity index is 392. The van der Waals surface area contributed by atoms with Crippen molar-refractivity contribution in [1.29, 1.82) is 0 Å². The van der Waals surface area contributed by atoms with Crippen molar-refractivity contribution >= 4 is 0 Å².